The molecule has 1 fully saturated rings. The van der Waals surface area contributed by atoms with Gasteiger partial charge >= 0.3 is 6.03 Å². The van der Waals surface area contributed by atoms with Gasteiger partial charge in [0, 0.05) is 30.8 Å². The number of halogens is 1. The van der Waals surface area contributed by atoms with Gasteiger partial charge in [0.25, 0.3) is 5.56 Å². The van der Waals surface area contributed by atoms with Crippen LogP contribution in [-0.2, 0) is 4.79 Å². The lowest BCUT2D eigenvalue weighted by atomic mass is 10.0. The molecule has 0 unspecified atom stereocenters. The number of primary amides is 1. The Labute approximate surface area is 188 Å². The zero-order chi connectivity index (χ0) is 23.1. The van der Waals surface area contributed by atoms with Crippen molar-refractivity contribution in [3.05, 3.63) is 82.1 Å². The molecule has 166 valence electrons. The number of pyridine rings is 1. The molecule has 4 rings (SSSR count). The van der Waals surface area contributed by atoms with Crippen molar-refractivity contribution in [1.82, 2.24) is 19.9 Å². The predicted molar refractivity (Wildman–Crippen MR) is 119 cm³/mol. The monoisotopic (exact) mass is 456 g/mol. The van der Waals surface area contributed by atoms with E-state index in [9.17, 15) is 19.5 Å². The molecule has 0 aliphatic carbocycles. The highest BCUT2D eigenvalue weighted by molar-refractivity contribution is 6.30. The summed E-state index contributed by atoms with van der Waals surface area (Å²) in [6.45, 7) is 0.519. The molecule has 1 aliphatic heterocycles. The highest BCUT2D eigenvalue weighted by atomic mass is 35.5. The van der Waals surface area contributed by atoms with Gasteiger partial charge in [0.2, 0.25) is 6.41 Å². The van der Waals surface area contributed by atoms with Crippen LogP contribution in [0.3, 0.4) is 0 Å². The van der Waals surface area contributed by atoms with E-state index < -0.39 is 12.1 Å². The Morgan fingerprint density at radius 3 is 2.53 bits per heavy atom. The first-order valence-electron chi connectivity index (χ1n) is 9.58. The minimum Gasteiger partial charge on any atom is -0.391 e. The maximum atomic E-state index is 11.9. The summed E-state index contributed by atoms with van der Waals surface area (Å²) in [6.07, 6.45) is 6.55. The second-order valence-corrected chi connectivity index (χ2v) is 7.33. The van der Waals surface area contributed by atoms with E-state index in [1.807, 2.05) is 30.3 Å². The number of hydrogen-bond acceptors (Lipinski definition) is 7. The Kier molecular flexibility index (Phi) is 7.53. The quantitative estimate of drug-likeness (QED) is 0.503. The van der Waals surface area contributed by atoms with Crippen LogP contribution in [0.1, 0.15) is 18.0 Å². The number of carbonyl (C=O) groups excluding carboxylic acids is 2. The van der Waals surface area contributed by atoms with Crippen LogP contribution in [0, 0.1) is 0 Å². The molecule has 2 atom stereocenters. The fourth-order valence-electron chi connectivity index (χ4n) is 3.40. The lowest BCUT2D eigenvalue weighted by Gasteiger charge is -2.26. The van der Waals surface area contributed by atoms with Gasteiger partial charge in [-0.05, 0) is 36.2 Å². The normalized spacial score (nSPS) is 17.2. The first kappa shape index (κ1) is 22.9. The molecule has 32 heavy (non-hydrogen) atoms. The molecule has 0 bridgehead atoms. The number of β-amino-alcohol motifs (C(OH)–C–C–N with tert-alkyl or cyclic N) is 1. The standard InChI is InChI=1S/C19H17ClN4O2.C2H4N2O2/c20-14-3-6-18(22-10-14)24-12-16(25)9-17(24)13-1-4-15(5-2-13)23-8-7-21-11-19(23)26;3-2(6)4-1-5/h1-8,10-11,16-17,25H,9,12H2;1H,(H3,3,4,5,6)/t16-,17-;/m1./s1. The SMILES string of the molecule is NC(=O)NC=O.O=c1cnccn1-c1ccc([C@H]2C[C@@H](O)CN2c2ccc(Cl)cn2)cc1. The van der Waals surface area contributed by atoms with E-state index in [0.717, 1.165) is 17.1 Å². The van der Waals surface area contributed by atoms with Gasteiger partial charge in [0.1, 0.15) is 5.82 Å². The number of urea groups is 1. The average Bonchev–Trinajstić information content (AvgIpc) is 3.17. The van der Waals surface area contributed by atoms with E-state index in [2.05, 4.69) is 20.6 Å². The highest BCUT2D eigenvalue weighted by Gasteiger charge is 2.32. The summed E-state index contributed by atoms with van der Waals surface area (Å²) in [6, 6.07) is 10.6. The van der Waals surface area contributed by atoms with Gasteiger partial charge in [0.15, 0.2) is 0 Å². The van der Waals surface area contributed by atoms with Crippen molar-refractivity contribution in [2.75, 3.05) is 11.4 Å². The number of rotatable bonds is 4. The van der Waals surface area contributed by atoms with Crippen molar-refractivity contribution in [2.24, 2.45) is 5.73 Å². The van der Waals surface area contributed by atoms with Gasteiger partial charge in [-0.2, -0.15) is 0 Å². The first-order valence-corrected chi connectivity index (χ1v) is 9.95. The number of nitrogens with two attached hydrogens (primary N) is 1. The smallest absolute Gasteiger partial charge is 0.318 e. The number of anilines is 1. The van der Waals surface area contributed by atoms with E-state index in [1.165, 1.54) is 6.20 Å². The van der Waals surface area contributed by atoms with Crippen LogP contribution in [0.4, 0.5) is 10.6 Å². The van der Waals surface area contributed by atoms with Crippen LogP contribution >= 0.6 is 11.6 Å². The van der Waals surface area contributed by atoms with Crippen molar-refractivity contribution in [1.29, 1.82) is 0 Å². The second kappa shape index (κ2) is 10.5. The van der Waals surface area contributed by atoms with Crippen LogP contribution in [0.25, 0.3) is 5.69 Å². The maximum absolute atomic E-state index is 11.9. The summed E-state index contributed by atoms with van der Waals surface area (Å²) in [5, 5.41) is 12.4. The van der Waals surface area contributed by atoms with Crippen molar-refractivity contribution in [3.63, 3.8) is 0 Å². The molecule has 1 aliphatic rings. The predicted octanol–water partition coefficient (Wildman–Crippen LogP) is 1.40. The van der Waals surface area contributed by atoms with Crippen LogP contribution < -0.4 is 21.5 Å². The number of imide groups is 1. The van der Waals surface area contributed by atoms with Gasteiger partial charge in [-0.15, -0.1) is 0 Å². The Morgan fingerprint density at radius 2 is 1.97 bits per heavy atom. The second-order valence-electron chi connectivity index (χ2n) is 6.89. The number of aliphatic hydroxyl groups excluding tert-OH is 1. The summed E-state index contributed by atoms with van der Waals surface area (Å²) < 4.78 is 1.54. The average molecular weight is 457 g/mol. The minimum atomic E-state index is -0.829. The largest absolute Gasteiger partial charge is 0.391 e. The van der Waals surface area contributed by atoms with Crippen LogP contribution in [0.5, 0.6) is 0 Å². The summed E-state index contributed by atoms with van der Waals surface area (Å²) in [5.74, 6) is 0.783. The molecule has 0 spiro atoms. The third kappa shape index (κ3) is 5.68. The summed E-state index contributed by atoms with van der Waals surface area (Å²) in [4.78, 5) is 40.9. The summed E-state index contributed by atoms with van der Waals surface area (Å²) in [5.41, 5.74) is 6.08. The molecule has 1 aromatic carbocycles. The van der Waals surface area contributed by atoms with Crippen LogP contribution in [0.15, 0.2) is 66.0 Å². The molecule has 3 amide bonds. The number of hydrogen-bond donors (Lipinski definition) is 3. The topological polar surface area (TPSA) is 143 Å². The Morgan fingerprint density at radius 1 is 1.22 bits per heavy atom. The molecule has 3 aromatic rings. The van der Waals surface area contributed by atoms with Crippen molar-refractivity contribution >= 4 is 29.9 Å². The molecule has 0 radical (unpaired) electrons. The fraction of sp³-hybridized carbons (Fsp3) is 0.190. The lowest BCUT2D eigenvalue weighted by molar-refractivity contribution is -0.108. The third-order valence-electron chi connectivity index (χ3n) is 4.77. The van der Waals surface area contributed by atoms with Crippen molar-refractivity contribution < 1.29 is 14.7 Å². The molecular formula is C21H21ClN6O4. The number of aliphatic hydroxyl groups is 1. The number of aromatic nitrogens is 3. The maximum Gasteiger partial charge on any atom is 0.318 e. The molecule has 11 heteroatoms. The molecular weight excluding hydrogens is 436 g/mol. The molecule has 3 heterocycles. The minimum absolute atomic E-state index is 0.0156. The lowest BCUT2D eigenvalue weighted by Crippen LogP contribution is -2.27. The molecule has 0 saturated carbocycles. The van der Waals surface area contributed by atoms with E-state index in [0.29, 0.717) is 18.0 Å². The van der Waals surface area contributed by atoms with E-state index in [4.69, 9.17) is 11.6 Å². The van der Waals surface area contributed by atoms with Gasteiger partial charge < -0.3 is 15.7 Å². The van der Waals surface area contributed by atoms with Crippen LogP contribution in [-0.4, -0.2) is 44.7 Å². The Bertz CT molecular complexity index is 1120. The van der Waals surface area contributed by atoms with E-state index >= 15 is 0 Å². The summed E-state index contributed by atoms with van der Waals surface area (Å²) >= 11 is 5.93. The number of benzene rings is 1. The first-order chi connectivity index (χ1) is 15.4. The molecule has 4 N–H and O–H groups in total. The van der Waals surface area contributed by atoms with E-state index in [-0.39, 0.29) is 18.0 Å². The van der Waals surface area contributed by atoms with Gasteiger partial charge in [-0.3, -0.25) is 24.5 Å². The van der Waals surface area contributed by atoms with Gasteiger partial charge in [0.05, 0.1) is 23.4 Å². The zero-order valence-electron chi connectivity index (χ0n) is 16.8. The fourth-order valence-corrected chi connectivity index (χ4v) is 3.51. The van der Waals surface area contributed by atoms with Gasteiger partial charge in [-0.25, -0.2) is 9.78 Å². The number of nitrogens with one attached hydrogen (secondary N) is 1. The third-order valence-corrected chi connectivity index (χ3v) is 4.99. The van der Waals surface area contributed by atoms with Gasteiger partial charge in [-0.1, -0.05) is 23.7 Å². The van der Waals surface area contributed by atoms with E-state index in [1.54, 1.807) is 34.5 Å². The molecule has 10 nitrogen and oxygen atoms in total. The molecule has 1 saturated heterocycles. The molecule has 2 aromatic heterocycles. The Balaban J connectivity index is 0.000000427. The van der Waals surface area contributed by atoms with Crippen molar-refractivity contribution in [3.8, 4) is 5.69 Å². The number of nitrogens with zero attached hydrogens (tertiary/aromatic N) is 4. The van der Waals surface area contributed by atoms with Crippen molar-refractivity contribution in [2.45, 2.75) is 18.6 Å². The van der Waals surface area contributed by atoms with Crippen LogP contribution in [0.2, 0.25) is 5.02 Å². The Hall–Kier alpha value is -3.76. The number of carbonyl (C=O) groups is 2. The highest BCUT2D eigenvalue weighted by Crippen LogP contribution is 2.35. The number of amides is 3. The summed E-state index contributed by atoms with van der Waals surface area (Å²) in [7, 11) is 0. The zero-order valence-corrected chi connectivity index (χ0v) is 17.6.